The Labute approximate surface area is 310 Å². The molecule has 2 heterocycles. The van der Waals surface area contributed by atoms with Crippen LogP contribution >= 0.6 is 0 Å². The fraction of sp³-hybridized carbons (Fsp3) is 0.650. The first-order valence-electron chi connectivity index (χ1n) is 18.7. The van der Waals surface area contributed by atoms with Gasteiger partial charge in [-0.05, 0) is 85.3 Å². The van der Waals surface area contributed by atoms with E-state index in [2.05, 4.69) is 6.92 Å². The van der Waals surface area contributed by atoms with Gasteiger partial charge < -0.3 is 39.0 Å². The Morgan fingerprint density at radius 1 is 0.926 bits per heavy atom. The number of fused-ring (bicyclic) bond motifs is 7. The summed E-state index contributed by atoms with van der Waals surface area (Å²) in [7, 11) is 1.20. The second-order valence-corrected chi connectivity index (χ2v) is 17.4. The van der Waals surface area contributed by atoms with Gasteiger partial charge in [-0.1, -0.05) is 19.4 Å². The van der Waals surface area contributed by atoms with Crippen molar-refractivity contribution in [1.29, 1.82) is 0 Å². The molecule has 13 atom stereocenters. The third-order valence-electron chi connectivity index (χ3n) is 15.2. The van der Waals surface area contributed by atoms with Crippen molar-refractivity contribution in [2.24, 2.45) is 52.3 Å². The van der Waals surface area contributed by atoms with Gasteiger partial charge in [0, 0.05) is 34.5 Å². The van der Waals surface area contributed by atoms with Crippen LogP contribution in [0.25, 0.3) is 0 Å². The fourth-order valence-electron chi connectivity index (χ4n) is 12.7. The summed E-state index contributed by atoms with van der Waals surface area (Å²) >= 11 is 0. The van der Waals surface area contributed by atoms with Crippen molar-refractivity contribution in [3.63, 3.8) is 0 Å². The number of rotatable bonds is 1. The minimum atomic E-state index is -1.89. The lowest BCUT2D eigenvalue weighted by atomic mass is 9.42. The Kier molecular flexibility index (Phi) is 7.39. The molecule has 9 rings (SSSR count). The highest BCUT2D eigenvalue weighted by Gasteiger charge is 2.84. The number of allylic oxidation sites excluding steroid dienone is 1. The van der Waals surface area contributed by atoms with E-state index in [0.717, 1.165) is 23.6 Å². The standard InChI is InChI=1S/C40H44O14/c1-15-6-27(42)53-14-39(49)23-9-22(23)37(3)25(39)10-21-19(13-51-28(43)11-24(41)36(48)52-12-15)35(47)54-40(21)26(37)8-18-17-7-20(17)38(4)30(18)31(40)29(32(44)33(38)45)16(2)34(46)50-5/h6,17,20,22-26,31,33,41,45,49H,7-14H2,1-5H3/b15-6-,29-16-/t17-,20-,22-,23+,24-,25?,26?,31?,33+,37+,38+,39+,40?/m1/s1. The van der Waals surface area contributed by atoms with Gasteiger partial charge in [0.25, 0.3) is 0 Å². The van der Waals surface area contributed by atoms with Gasteiger partial charge in [0.2, 0.25) is 0 Å². The molecule has 5 saturated carbocycles. The molecule has 0 aromatic rings. The van der Waals surface area contributed by atoms with Gasteiger partial charge in [-0.3, -0.25) is 9.59 Å². The van der Waals surface area contributed by atoms with Crippen LogP contribution in [0.15, 0.2) is 45.1 Å². The number of methoxy groups -OCH3 is 1. The van der Waals surface area contributed by atoms with Crippen LogP contribution in [0.1, 0.15) is 59.8 Å². The highest BCUT2D eigenvalue weighted by Crippen LogP contribution is 2.83. The van der Waals surface area contributed by atoms with Crippen molar-refractivity contribution in [3.8, 4) is 0 Å². The highest BCUT2D eigenvalue weighted by atomic mass is 16.6. The van der Waals surface area contributed by atoms with Crippen LogP contribution in [0.2, 0.25) is 0 Å². The van der Waals surface area contributed by atoms with Crippen molar-refractivity contribution >= 4 is 35.6 Å². The molecule has 2 bridgehead atoms. The van der Waals surface area contributed by atoms with Crippen molar-refractivity contribution in [1.82, 2.24) is 0 Å². The van der Waals surface area contributed by atoms with Gasteiger partial charge >= 0.3 is 29.8 Å². The predicted molar refractivity (Wildman–Crippen MR) is 180 cm³/mol. The van der Waals surface area contributed by atoms with Crippen LogP contribution < -0.4 is 0 Å². The zero-order valence-electron chi connectivity index (χ0n) is 30.8. The monoisotopic (exact) mass is 748 g/mol. The number of carbonyl (C=O) groups is 6. The van der Waals surface area contributed by atoms with E-state index in [-0.39, 0.29) is 60.0 Å². The number of esters is 5. The quantitative estimate of drug-likeness (QED) is 0.150. The summed E-state index contributed by atoms with van der Waals surface area (Å²) in [5, 5.41) is 35.0. The smallest absolute Gasteiger partial charge is 0.338 e. The van der Waals surface area contributed by atoms with E-state index in [4.69, 9.17) is 23.7 Å². The molecule has 0 saturated heterocycles. The summed E-state index contributed by atoms with van der Waals surface area (Å²) in [6.07, 6.45) is -1.07. The SMILES string of the molecule is COC(=O)/C(C)=C1\C(=O)[C@H](O)[C@]2(C)C3=C(CC4C5(OC(=O)C6=C5CC5[C@]4(C)[C@@H]4C[C@@H]4[C@@]5(O)COC(=O)/C=C(/C)COC(=O)[C@H](O)CC(=O)OC6)C31)[C@H]1C[C@H]12. The predicted octanol–water partition coefficient (Wildman–Crippen LogP) is 1.35. The first-order valence-corrected chi connectivity index (χ1v) is 18.7. The fourth-order valence-corrected chi connectivity index (χ4v) is 12.7. The third kappa shape index (κ3) is 4.27. The average Bonchev–Trinajstić information content (AvgIpc) is 4.05. The van der Waals surface area contributed by atoms with Crippen LogP contribution in [-0.2, 0) is 52.5 Å². The molecular formula is C40H44O14. The molecule has 3 N–H and O–H groups in total. The molecule has 288 valence electrons. The van der Waals surface area contributed by atoms with E-state index in [1.54, 1.807) is 0 Å². The summed E-state index contributed by atoms with van der Waals surface area (Å²) in [5.74, 6) is -7.42. The summed E-state index contributed by atoms with van der Waals surface area (Å²) < 4.78 is 28.1. The molecule has 4 unspecified atom stereocenters. The van der Waals surface area contributed by atoms with Gasteiger partial charge in [0.15, 0.2) is 11.9 Å². The lowest BCUT2D eigenvalue weighted by Crippen LogP contribution is -2.67. The Morgan fingerprint density at radius 2 is 1.67 bits per heavy atom. The van der Waals surface area contributed by atoms with Crippen LogP contribution in [0, 0.1) is 52.3 Å². The molecule has 14 nitrogen and oxygen atoms in total. The van der Waals surface area contributed by atoms with Gasteiger partial charge in [-0.25, -0.2) is 19.2 Å². The molecule has 9 aliphatic rings. The number of carbonyl (C=O) groups excluding carboxylic acids is 6. The molecule has 14 heteroatoms. The van der Waals surface area contributed by atoms with Gasteiger partial charge in [0.1, 0.15) is 37.1 Å². The number of Topliss-reactive ketones (excluding diaryl/α,β-unsaturated/α-hetero) is 1. The van der Waals surface area contributed by atoms with Crippen molar-refractivity contribution < 1.29 is 67.8 Å². The summed E-state index contributed by atoms with van der Waals surface area (Å²) in [4.78, 5) is 80.9. The molecule has 0 aromatic carbocycles. The maximum absolute atomic E-state index is 14.6. The van der Waals surface area contributed by atoms with Crippen LogP contribution in [0.5, 0.6) is 0 Å². The van der Waals surface area contributed by atoms with E-state index in [9.17, 15) is 44.1 Å². The molecule has 54 heavy (non-hydrogen) atoms. The molecule has 7 aliphatic carbocycles. The number of aliphatic hydroxyl groups excluding tert-OH is 2. The molecule has 0 amide bonds. The van der Waals surface area contributed by atoms with E-state index in [1.807, 2.05) is 6.92 Å². The molecule has 0 aromatic heterocycles. The number of cyclic esters (lactones) is 3. The van der Waals surface area contributed by atoms with Gasteiger partial charge in [-0.15, -0.1) is 0 Å². The van der Waals surface area contributed by atoms with Crippen LogP contribution in [0.4, 0.5) is 0 Å². The average molecular weight is 749 g/mol. The summed E-state index contributed by atoms with van der Waals surface area (Å²) in [6.45, 7) is 5.67. The summed E-state index contributed by atoms with van der Waals surface area (Å²) in [6, 6.07) is 0. The molecule has 1 spiro atoms. The number of ketones is 1. The van der Waals surface area contributed by atoms with Gasteiger partial charge in [0.05, 0.1) is 25.0 Å². The first-order chi connectivity index (χ1) is 25.5. The largest absolute Gasteiger partial charge is 0.466 e. The Bertz CT molecular complexity index is 2000. The second-order valence-electron chi connectivity index (χ2n) is 17.4. The maximum atomic E-state index is 14.6. The van der Waals surface area contributed by atoms with Crippen LogP contribution in [0.3, 0.4) is 0 Å². The molecule has 2 aliphatic heterocycles. The maximum Gasteiger partial charge on any atom is 0.338 e. The minimum Gasteiger partial charge on any atom is -0.466 e. The Hall–Kier alpha value is -4.14. The van der Waals surface area contributed by atoms with E-state index >= 15 is 0 Å². The van der Waals surface area contributed by atoms with E-state index in [1.165, 1.54) is 21.0 Å². The minimum absolute atomic E-state index is 0.00499. The second kappa shape index (κ2) is 11.2. The molecule has 0 radical (unpaired) electrons. The lowest BCUT2D eigenvalue weighted by molar-refractivity contribution is -0.191. The van der Waals surface area contributed by atoms with Crippen molar-refractivity contribution in [2.45, 2.75) is 83.2 Å². The highest BCUT2D eigenvalue weighted by molar-refractivity contribution is 6.09. The normalized spacial score (nSPS) is 48.0. The first kappa shape index (κ1) is 35.6. The number of hydrogen-bond acceptors (Lipinski definition) is 14. The Balaban J connectivity index is 1.26. The topological polar surface area (TPSA) is 209 Å². The lowest BCUT2D eigenvalue weighted by Gasteiger charge is -2.63. The van der Waals surface area contributed by atoms with Gasteiger partial charge in [-0.2, -0.15) is 0 Å². The number of aliphatic hydroxyl groups is 3. The third-order valence-corrected chi connectivity index (χ3v) is 15.2. The van der Waals surface area contributed by atoms with E-state index in [0.29, 0.717) is 24.0 Å². The zero-order chi connectivity index (χ0) is 38.6. The van der Waals surface area contributed by atoms with Crippen LogP contribution in [-0.4, -0.2) is 101 Å². The zero-order valence-corrected chi connectivity index (χ0v) is 30.8. The molecular weight excluding hydrogens is 704 g/mol. The number of ether oxygens (including phenoxy) is 5. The molecule has 5 fully saturated rings. The van der Waals surface area contributed by atoms with Crippen molar-refractivity contribution in [2.75, 3.05) is 26.9 Å². The number of hydrogen-bond donors (Lipinski definition) is 3. The van der Waals surface area contributed by atoms with E-state index < -0.39 is 101 Å². The Morgan fingerprint density at radius 3 is 2.39 bits per heavy atom. The summed E-state index contributed by atoms with van der Waals surface area (Å²) in [5.41, 5.74) is -2.21. The van der Waals surface area contributed by atoms with Crippen molar-refractivity contribution in [3.05, 3.63) is 45.1 Å².